The van der Waals surface area contributed by atoms with E-state index in [0.717, 1.165) is 16.2 Å². The van der Waals surface area contributed by atoms with Crippen LogP contribution in [-0.2, 0) is 14.3 Å². The maximum absolute atomic E-state index is 13.5. The average molecular weight is 525 g/mol. The molecule has 0 unspecified atom stereocenters. The van der Waals surface area contributed by atoms with Crippen LogP contribution in [-0.4, -0.2) is 56.2 Å². The fraction of sp³-hybridized carbons (Fsp3) is 0.231. The molecule has 4 rings (SSSR count). The number of hydrogen-bond acceptors (Lipinski definition) is 10. The minimum atomic E-state index is -1.15. The molecule has 11 heteroatoms. The second kappa shape index (κ2) is 10.3. The van der Waals surface area contributed by atoms with E-state index in [2.05, 4.69) is 4.98 Å². The highest BCUT2D eigenvalue weighted by molar-refractivity contribution is 7.17. The highest BCUT2D eigenvalue weighted by Gasteiger charge is 2.49. The molecule has 1 amide bonds. The summed E-state index contributed by atoms with van der Waals surface area (Å²) in [5.74, 6) is -1.65. The van der Waals surface area contributed by atoms with Crippen molar-refractivity contribution in [1.82, 2.24) is 4.98 Å². The number of hydrogen-bond donors (Lipinski definition) is 1. The van der Waals surface area contributed by atoms with E-state index in [1.54, 1.807) is 49.4 Å². The molecular formula is C26H24N2O8S. The summed E-state index contributed by atoms with van der Waals surface area (Å²) in [5.41, 5.74) is 0.794. The van der Waals surface area contributed by atoms with Crippen molar-refractivity contribution in [3.63, 3.8) is 0 Å². The standard InChI is InChI=1S/C26H24N2O8S/c1-13-23(25(32)36-5)37-26(27-13)28-20(17-12-16(34-3)9-10-18(17)35-4)19(22(30)24(28)31)21(29)14-7-6-8-15(11-14)33-2/h6-12,20,29H,1-5H3/b21-19+/t20-/m1/s1. The molecule has 0 aliphatic carbocycles. The predicted octanol–water partition coefficient (Wildman–Crippen LogP) is 3.89. The number of methoxy groups -OCH3 is 4. The molecule has 1 fully saturated rings. The third-order valence-electron chi connectivity index (χ3n) is 5.88. The maximum atomic E-state index is 13.5. The normalized spacial score (nSPS) is 16.6. The van der Waals surface area contributed by atoms with Crippen LogP contribution in [0, 0.1) is 6.92 Å². The van der Waals surface area contributed by atoms with Gasteiger partial charge in [0.25, 0.3) is 5.78 Å². The van der Waals surface area contributed by atoms with Crippen LogP contribution in [0.3, 0.4) is 0 Å². The number of esters is 1. The number of carbonyl (C=O) groups excluding carboxylic acids is 3. The van der Waals surface area contributed by atoms with Crippen molar-refractivity contribution in [3.8, 4) is 17.2 Å². The van der Waals surface area contributed by atoms with Crippen LogP contribution in [0.1, 0.15) is 32.5 Å². The molecule has 10 nitrogen and oxygen atoms in total. The van der Waals surface area contributed by atoms with E-state index in [1.807, 2.05) is 0 Å². The van der Waals surface area contributed by atoms with Gasteiger partial charge in [-0.3, -0.25) is 14.5 Å². The van der Waals surface area contributed by atoms with E-state index in [0.29, 0.717) is 28.5 Å². The zero-order chi connectivity index (χ0) is 26.9. The summed E-state index contributed by atoms with van der Waals surface area (Å²) in [4.78, 5) is 44.9. The van der Waals surface area contributed by atoms with Gasteiger partial charge in [-0.05, 0) is 37.3 Å². The van der Waals surface area contributed by atoms with Crippen LogP contribution in [0.4, 0.5) is 5.13 Å². The number of rotatable bonds is 7. The van der Waals surface area contributed by atoms with Crippen LogP contribution in [0.2, 0.25) is 0 Å². The Morgan fingerprint density at radius 1 is 1.00 bits per heavy atom. The Kier molecular flexibility index (Phi) is 7.16. The summed E-state index contributed by atoms with van der Waals surface area (Å²) in [7, 11) is 5.64. The van der Waals surface area contributed by atoms with Gasteiger partial charge in [0.2, 0.25) is 0 Å². The number of amides is 1. The number of benzene rings is 2. The Bertz CT molecular complexity index is 1430. The molecule has 1 atom stereocenters. The molecule has 2 heterocycles. The molecule has 0 bridgehead atoms. The molecule has 1 aliphatic heterocycles. The molecule has 1 saturated heterocycles. The number of Topliss-reactive ketones (excluding diaryl/α,β-unsaturated/α-hetero) is 1. The number of aliphatic hydroxyl groups is 1. The van der Waals surface area contributed by atoms with Gasteiger partial charge in [-0.25, -0.2) is 9.78 Å². The minimum Gasteiger partial charge on any atom is -0.507 e. The van der Waals surface area contributed by atoms with Gasteiger partial charge in [-0.15, -0.1) is 0 Å². The van der Waals surface area contributed by atoms with Gasteiger partial charge in [-0.1, -0.05) is 23.5 Å². The summed E-state index contributed by atoms with van der Waals surface area (Å²) >= 11 is 0.904. The van der Waals surface area contributed by atoms with Gasteiger partial charge in [-0.2, -0.15) is 0 Å². The Morgan fingerprint density at radius 2 is 1.70 bits per heavy atom. The molecule has 1 aromatic heterocycles. The minimum absolute atomic E-state index is 0.0829. The van der Waals surface area contributed by atoms with E-state index < -0.39 is 29.5 Å². The maximum Gasteiger partial charge on any atom is 0.350 e. The third-order valence-corrected chi connectivity index (χ3v) is 7.02. The lowest BCUT2D eigenvalue weighted by atomic mass is 9.94. The molecule has 0 radical (unpaired) electrons. The van der Waals surface area contributed by atoms with Crippen LogP contribution in [0.25, 0.3) is 5.76 Å². The Balaban J connectivity index is 2.01. The Hall–Kier alpha value is -4.38. The van der Waals surface area contributed by atoms with Crippen molar-refractivity contribution >= 4 is 39.9 Å². The molecule has 1 aliphatic rings. The molecule has 1 N–H and O–H groups in total. The van der Waals surface area contributed by atoms with Gasteiger partial charge < -0.3 is 24.1 Å². The van der Waals surface area contributed by atoms with E-state index in [1.165, 1.54) is 28.4 Å². The SMILES string of the molecule is COC(=O)c1sc(N2C(=O)C(=O)/C(=C(/O)c3cccc(OC)c3)[C@H]2c2cc(OC)ccc2OC)nc1C. The van der Waals surface area contributed by atoms with Crippen LogP contribution >= 0.6 is 11.3 Å². The fourth-order valence-electron chi connectivity index (χ4n) is 4.07. The first-order valence-corrected chi connectivity index (χ1v) is 11.8. The lowest BCUT2D eigenvalue weighted by Gasteiger charge is -2.25. The summed E-state index contributed by atoms with van der Waals surface area (Å²) in [6.45, 7) is 1.60. The lowest BCUT2D eigenvalue weighted by molar-refractivity contribution is -0.132. The number of carbonyl (C=O) groups is 3. The summed E-state index contributed by atoms with van der Waals surface area (Å²) in [6.07, 6.45) is 0. The van der Waals surface area contributed by atoms with Gasteiger partial charge in [0.15, 0.2) is 5.13 Å². The van der Waals surface area contributed by atoms with Crippen molar-refractivity contribution in [2.24, 2.45) is 0 Å². The van der Waals surface area contributed by atoms with Gasteiger partial charge in [0, 0.05) is 11.1 Å². The number of ketones is 1. The van der Waals surface area contributed by atoms with E-state index >= 15 is 0 Å². The molecule has 37 heavy (non-hydrogen) atoms. The summed E-state index contributed by atoms with van der Waals surface area (Å²) in [6, 6.07) is 10.2. The van der Waals surface area contributed by atoms with E-state index in [9.17, 15) is 19.5 Å². The summed E-state index contributed by atoms with van der Waals surface area (Å²) in [5, 5.41) is 11.4. The van der Waals surface area contributed by atoms with Gasteiger partial charge in [0.1, 0.15) is 33.9 Å². The van der Waals surface area contributed by atoms with E-state index in [-0.39, 0.29) is 21.1 Å². The van der Waals surface area contributed by atoms with E-state index in [4.69, 9.17) is 18.9 Å². The first-order valence-electron chi connectivity index (χ1n) is 11.0. The topological polar surface area (TPSA) is 124 Å². The van der Waals surface area contributed by atoms with Crippen molar-refractivity contribution in [2.75, 3.05) is 33.3 Å². The predicted molar refractivity (Wildman–Crippen MR) is 136 cm³/mol. The smallest absolute Gasteiger partial charge is 0.350 e. The Morgan fingerprint density at radius 3 is 2.35 bits per heavy atom. The zero-order valence-corrected chi connectivity index (χ0v) is 21.5. The third kappa shape index (κ3) is 4.49. The zero-order valence-electron chi connectivity index (χ0n) is 20.7. The number of ether oxygens (including phenoxy) is 4. The van der Waals surface area contributed by atoms with Crippen molar-refractivity contribution in [1.29, 1.82) is 0 Å². The average Bonchev–Trinajstić information content (AvgIpc) is 3.43. The number of aromatic nitrogens is 1. The number of thiazole rings is 1. The number of nitrogens with zero attached hydrogens (tertiary/aromatic N) is 2. The van der Waals surface area contributed by atoms with Gasteiger partial charge in [0.05, 0.1) is 39.7 Å². The van der Waals surface area contributed by atoms with Gasteiger partial charge >= 0.3 is 11.9 Å². The number of aliphatic hydroxyl groups excluding tert-OH is 1. The van der Waals surface area contributed by atoms with Crippen molar-refractivity contribution < 1.29 is 38.4 Å². The highest BCUT2D eigenvalue weighted by Crippen LogP contribution is 2.47. The quantitative estimate of drug-likeness (QED) is 0.212. The molecular weight excluding hydrogens is 500 g/mol. The van der Waals surface area contributed by atoms with Crippen molar-refractivity contribution in [2.45, 2.75) is 13.0 Å². The number of anilines is 1. The lowest BCUT2D eigenvalue weighted by Crippen LogP contribution is -2.29. The second-order valence-electron chi connectivity index (χ2n) is 7.91. The Labute approximate surface area is 216 Å². The van der Waals surface area contributed by atoms with Crippen LogP contribution < -0.4 is 19.1 Å². The second-order valence-corrected chi connectivity index (χ2v) is 8.89. The first kappa shape index (κ1) is 25.7. The molecule has 3 aromatic rings. The van der Waals surface area contributed by atoms with Crippen LogP contribution in [0.15, 0.2) is 48.0 Å². The molecule has 0 spiro atoms. The highest BCUT2D eigenvalue weighted by atomic mass is 32.1. The van der Waals surface area contributed by atoms with Crippen LogP contribution in [0.5, 0.6) is 17.2 Å². The first-order chi connectivity index (χ1) is 17.7. The number of aryl methyl sites for hydroxylation is 1. The molecule has 192 valence electrons. The van der Waals surface area contributed by atoms with Crippen molar-refractivity contribution in [3.05, 3.63) is 69.7 Å². The summed E-state index contributed by atoms with van der Waals surface area (Å²) < 4.78 is 21.0. The largest absolute Gasteiger partial charge is 0.507 e. The monoisotopic (exact) mass is 524 g/mol. The molecule has 0 saturated carbocycles. The fourth-order valence-corrected chi connectivity index (χ4v) is 5.08. The molecule has 2 aromatic carbocycles.